The van der Waals surface area contributed by atoms with E-state index in [0.717, 1.165) is 12.2 Å². The summed E-state index contributed by atoms with van der Waals surface area (Å²) in [6, 6.07) is 1.43. The second kappa shape index (κ2) is 5.89. The fraction of sp³-hybridized carbons (Fsp3) is 0.364. The van der Waals surface area contributed by atoms with Crippen LogP contribution in [0.2, 0.25) is 0 Å². The van der Waals surface area contributed by atoms with Crippen molar-refractivity contribution in [2.24, 2.45) is 0 Å². The van der Waals surface area contributed by atoms with Crippen LogP contribution in [0, 0.1) is 0 Å². The van der Waals surface area contributed by atoms with Crippen LogP contribution in [0.15, 0.2) is 18.5 Å². The van der Waals surface area contributed by atoms with Gasteiger partial charge in [0.2, 0.25) is 0 Å². The Bertz CT molecular complexity index is 540. The van der Waals surface area contributed by atoms with Gasteiger partial charge in [-0.05, 0) is 19.9 Å². The Hall–Kier alpha value is -2.51. The van der Waals surface area contributed by atoms with Crippen molar-refractivity contribution in [3.63, 3.8) is 0 Å². The third-order valence-electron chi connectivity index (χ3n) is 2.53. The van der Waals surface area contributed by atoms with E-state index >= 15 is 0 Å². The summed E-state index contributed by atoms with van der Waals surface area (Å²) in [5, 5.41) is 19.4. The molecular formula is C11H15N7O. The lowest BCUT2D eigenvalue weighted by atomic mass is 10.2. The third kappa shape index (κ3) is 3.03. The van der Waals surface area contributed by atoms with Crippen LogP contribution in [0.4, 0.5) is 5.69 Å². The van der Waals surface area contributed by atoms with Crippen LogP contribution in [-0.2, 0) is 0 Å². The molecule has 1 unspecified atom stereocenters. The lowest BCUT2D eigenvalue weighted by Gasteiger charge is -2.13. The maximum atomic E-state index is 12.2. The normalized spacial score (nSPS) is 11.9. The molecule has 0 aromatic carbocycles. The number of anilines is 1. The van der Waals surface area contributed by atoms with E-state index in [1.807, 2.05) is 6.92 Å². The predicted octanol–water partition coefficient (Wildman–Crippen LogP) is 0.517. The molecule has 0 spiro atoms. The van der Waals surface area contributed by atoms with Crippen LogP contribution in [-0.4, -0.2) is 38.1 Å². The van der Waals surface area contributed by atoms with Gasteiger partial charge in [-0.25, -0.2) is 0 Å². The van der Waals surface area contributed by atoms with Gasteiger partial charge in [0.1, 0.15) is 0 Å². The Balaban J connectivity index is 2.11. The fourth-order valence-corrected chi connectivity index (χ4v) is 1.61. The SMILES string of the molecule is CCNc1ccncc1C(=O)NC(C)c1nn[nH]n1. The van der Waals surface area contributed by atoms with Crippen LogP contribution < -0.4 is 10.6 Å². The van der Waals surface area contributed by atoms with E-state index in [1.165, 1.54) is 6.20 Å². The zero-order valence-corrected chi connectivity index (χ0v) is 10.7. The predicted molar refractivity (Wildman–Crippen MR) is 68.5 cm³/mol. The molecular weight excluding hydrogens is 246 g/mol. The number of rotatable bonds is 5. The van der Waals surface area contributed by atoms with E-state index in [0.29, 0.717) is 11.4 Å². The minimum atomic E-state index is -0.332. The molecule has 0 saturated carbocycles. The first-order valence-corrected chi connectivity index (χ1v) is 5.94. The van der Waals surface area contributed by atoms with E-state index < -0.39 is 0 Å². The Labute approximate surface area is 110 Å². The van der Waals surface area contributed by atoms with Gasteiger partial charge in [-0.15, -0.1) is 10.2 Å². The van der Waals surface area contributed by atoms with Gasteiger partial charge in [0.25, 0.3) is 5.91 Å². The summed E-state index contributed by atoms with van der Waals surface area (Å²) < 4.78 is 0. The molecule has 1 atom stereocenters. The lowest BCUT2D eigenvalue weighted by Crippen LogP contribution is -2.28. The number of aromatic amines is 1. The average molecular weight is 261 g/mol. The zero-order chi connectivity index (χ0) is 13.7. The lowest BCUT2D eigenvalue weighted by molar-refractivity contribution is 0.0938. The van der Waals surface area contributed by atoms with Crippen molar-refractivity contribution in [3.8, 4) is 0 Å². The summed E-state index contributed by atoms with van der Waals surface area (Å²) in [6.45, 7) is 4.47. The third-order valence-corrected chi connectivity index (χ3v) is 2.53. The number of tetrazole rings is 1. The zero-order valence-electron chi connectivity index (χ0n) is 10.7. The summed E-state index contributed by atoms with van der Waals surface area (Å²) in [7, 11) is 0. The molecule has 2 heterocycles. The molecule has 0 aliphatic rings. The molecule has 2 rings (SSSR count). The number of carbonyl (C=O) groups is 1. The number of aromatic nitrogens is 5. The van der Waals surface area contributed by atoms with Crippen LogP contribution in [0.1, 0.15) is 36.1 Å². The fourth-order valence-electron chi connectivity index (χ4n) is 1.61. The monoisotopic (exact) mass is 261 g/mol. The van der Waals surface area contributed by atoms with Crippen LogP contribution >= 0.6 is 0 Å². The molecule has 2 aromatic heterocycles. The molecule has 8 nitrogen and oxygen atoms in total. The standard InChI is InChI=1S/C11H15N7O/c1-3-13-9-4-5-12-6-8(9)11(19)14-7(2)10-15-17-18-16-10/h4-7H,3H2,1-2H3,(H,12,13)(H,14,19)(H,15,16,17,18). The summed E-state index contributed by atoms with van der Waals surface area (Å²) in [5.41, 5.74) is 1.23. The van der Waals surface area contributed by atoms with Gasteiger partial charge in [-0.1, -0.05) is 5.21 Å². The Kier molecular flexibility index (Phi) is 4.01. The Morgan fingerprint density at radius 1 is 1.53 bits per heavy atom. The molecule has 0 saturated heterocycles. The molecule has 3 N–H and O–H groups in total. The highest BCUT2D eigenvalue weighted by atomic mass is 16.1. The number of nitrogens with one attached hydrogen (secondary N) is 3. The number of H-pyrrole nitrogens is 1. The van der Waals surface area contributed by atoms with E-state index in [1.54, 1.807) is 19.2 Å². The minimum absolute atomic E-state index is 0.235. The number of hydrogen-bond acceptors (Lipinski definition) is 6. The Morgan fingerprint density at radius 3 is 3.05 bits per heavy atom. The van der Waals surface area contributed by atoms with Crippen molar-refractivity contribution >= 4 is 11.6 Å². The van der Waals surface area contributed by atoms with Crippen molar-refractivity contribution in [1.29, 1.82) is 0 Å². The van der Waals surface area contributed by atoms with E-state index in [4.69, 9.17) is 0 Å². The number of pyridine rings is 1. The summed E-state index contributed by atoms with van der Waals surface area (Å²) in [6.07, 6.45) is 3.16. The highest BCUT2D eigenvalue weighted by Gasteiger charge is 2.17. The Morgan fingerprint density at radius 2 is 2.37 bits per heavy atom. The molecule has 100 valence electrons. The molecule has 0 aliphatic carbocycles. The highest BCUT2D eigenvalue weighted by Crippen LogP contribution is 2.14. The highest BCUT2D eigenvalue weighted by molar-refractivity contribution is 5.99. The van der Waals surface area contributed by atoms with Crippen molar-refractivity contribution in [3.05, 3.63) is 29.8 Å². The van der Waals surface area contributed by atoms with Crippen LogP contribution in [0.5, 0.6) is 0 Å². The summed E-state index contributed by atoms with van der Waals surface area (Å²) in [5.74, 6) is 0.198. The first kappa shape index (κ1) is 12.9. The molecule has 8 heteroatoms. The smallest absolute Gasteiger partial charge is 0.255 e. The van der Waals surface area contributed by atoms with E-state index in [9.17, 15) is 4.79 Å². The molecule has 1 amide bonds. The minimum Gasteiger partial charge on any atom is -0.385 e. The maximum Gasteiger partial charge on any atom is 0.255 e. The van der Waals surface area contributed by atoms with Gasteiger partial charge in [-0.3, -0.25) is 9.78 Å². The van der Waals surface area contributed by atoms with Crippen molar-refractivity contribution in [2.45, 2.75) is 19.9 Å². The number of hydrogen-bond donors (Lipinski definition) is 3. The molecule has 2 aromatic rings. The van der Waals surface area contributed by atoms with E-state index in [2.05, 4.69) is 36.2 Å². The second-order valence-corrected chi connectivity index (χ2v) is 3.92. The maximum absolute atomic E-state index is 12.2. The van der Waals surface area contributed by atoms with Crippen molar-refractivity contribution in [2.75, 3.05) is 11.9 Å². The summed E-state index contributed by atoms with van der Waals surface area (Å²) >= 11 is 0. The molecule has 0 radical (unpaired) electrons. The topological polar surface area (TPSA) is 108 Å². The number of amides is 1. The number of carbonyl (C=O) groups excluding carboxylic acids is 1. The first-order chi connectivity index (χ1) is 9.22. The van der Waals surface area contributed by atoms with Crippen LogP contribution in [0.25, 0.3) is 0 Å². The summed E-state index contributed by atoms with van der Waals surface area (Å²) in [4.78, 5) is 16.1. The molecule has 19 heavy (non-hydrogen) atoms. The molecule has 0 bridgehead atoms. The van der Waals surface area contributed by atoms with Crippen LogP contribution in [0.3, 0.4) is 0 Å². The van der Waals surface area contributed by atoms with Crippen molar-refractivity contribution < 1.29 is 4.79 Å². The van der Waals surface area contributed by atoms with Crippen molar-refractivity contribution in [1.82, 2.24) is 30.9 Å². The first-order valence-electron chi connectivity index (χ1n) is 5.94. The molecule has 0 aliphatic heterocycles. The largest absolute Gasteiger partial charge is 0.385 e. The van der Waals surface area contributed by atoms with Gasteiger partial charge in [0.05, 0.1) is 17.3 Å². The van der Waals surface area contributed by atoms with Gasteiger partial charge >= 0.3 is 0 Å². The van der Waals surface area contributed by atoms with Gasteiger partial charge in [-0.2, -0.15) is 5.21 Å². The van der Waals surface area contributed by atoms with Gasteiger partial charge in [0, 0.05) is 18.9 Å². The van der Waals surface area contributed by atoms with Gasteiger partial charge < -0.3 is 10.6 Å². The van der Waals surface area contributed by atoms with Gasteiger partial charge in [0.15, 0.2) is 5.82 Å². The second-order valence-electron chi connectivity index (χ2n) is 3.92. The van der Waals surface area contributed by atoms with E-state index in [-0.39, 0.29) is 11.9 Å². The quantitative estimate of drug-likeness (QED) is 0.724. The average Bonchev–Trinajstić information content (AvgIpc) is 2.93. The molecule has 0 fully saturated rings. The number of nitrogens with zero attached hydrogens (tertiary/aromatic N) is 4.